The quantitative estimate of drug-likeness (QED) is 0.599. The van der Waals surface area contributed by atoms with Crippen LogP contribution >= 0.6 is 0 Å². The molecule has 0 fully saturated rings. The lowest BCUT2D eigenvalue weighted by Gasteiger charge is -2.00. The van der Waals surface area contributed by atoms with Crippen molar-refractivity contribution in [1.82, 2.24) is 4.98 Å². The maximum atomic E-state index is 11.3. The molecule has 0 aliphatic rings. The minimum absolute atomic E-state index is 0.389. The van der Waals surface area contributed by atoms with Gasteiger partial charge in [0.25, 0.3) is 0 Å². The van der Waals surface area contributed by atoms with Gasteiger partial charge >= 0.3 is 5.97 Å². The number of esters is 1. The van der Waals surface area contributed by atoms with Crippen molar-refractivity contribution < 1.29 is 9.53 Å². The molecule has 1 aromatic carbocycles. The van der Waals surface area contributed by atoms with Gasteiger partial charge in [-0.15, -0.1) is 0 Å². The van der Waals surface area contributed by atoms with E-state index in [1.165, 1.54) is 0 Å². The van der Waals surface area contributed by atoms with Crippen LogP contribution in [0.5, 0.6) is 5.75 Å². The molecule has 0 saturated heterocycles. The molecule has 1 aromatic heterocycles. The van der Waals surface area contributed by atoms with Crippen LogP contribution in [0.25, 0.3) is 10.9 Å². The van der Waals surface area contributed by atoms with Crippen molar-refractivity contribution in [2.24, 2.45) is 0 Å². The molecule has 1 N–H and O–H groups in total. The van der Waals surface area contributed by atoms with Gasteiger partial charge in [0.05, 0.1) is 0 Å². The summed E-state index contributed by atoms with van der Waals surface area (Å²) in [5.74, 6) is 0.137. The third kappa shape index (κ3) is 1.76. The van der Waals surface area contributed by atoms with E-state index < -0.39 is 5.97 Å². The number of rotatable bonds is 2. The average molecular weight is 201 g/mol. The number of carbonyl (C=O) groups is 1. The number of H-pyrrole nitrogens is 1. The van der Waals surface area contributed by atoms with Crippen molar-refractivity contribution in [3.05, 3.63) is 42.6 Å². The van der Waals surface area contributed by atoms with Crippen LogP contribution in [0.2, 0.25) is 0 Å². The Morgan fingerprint density at radius 1 is 1.40 bits per heavy atom. The zero-order valence-corrected chi connectivity index (χ0v) is 8.41. The molecule has 0 atom stereocenters. The van der Waals surface area contributed by atoms with E-state index in [2.05, 4.69) is 11.6 Å². The highest BCUT2D eigenvalue weighted by Crippen LogP contribution is 2.25. The van der Waals surface area contributed by atoms with Gasteiger partial charge in [-0.2, -0.15) is 0 Å². The third-order valence-corrected chi connectivity index (χ3v) is 2.10. The molecule has 0 saturated carbocycles. The van der Waals surface area contributed by atoms with Crippen LogP contribution in [-0.4, -0.2) is 11.0 Å². The van der Waals surface area contributed by atoms with E-state index in [9.17, 15) is 4.79 Å². The average Bonchev–Trinajstić information content (AvgIpc) is 2.62. The Labute approximate surface area is 87.4 Å². The molecule has 2 rings (SSSR count). The predicted molar refractivity (Wildman–Crippen MR) is 58.7 cm³/mol. The van der Waals surface area contributed by atoms with Gasteiger partial charge in [0.1, 0.15) is 0 Å². The molecule has 0 bridgehead atoms. The van der Waals surface area contributed by atoms with Crippen molar-refractivity contribution in [2.75, 3.05) is 0 Å². The molecular weight excluding hydrogens is 190 g/mol. The summed E-state index contributed by atoms with van der Waals surface area (Å²) in [7, 11) is 0. The summed E-state index contributed by atoms with van der Waals surface area (Å²) in [6, 6.07) is 7.64. The minimum atomic E-state index is -0.403. The standard InChI is InChI=1S/C12H11NO2/c1-8(2)12(14)15-11-7-13-10-6-4-3-5-9(10)11/h3-7,13H,1H2,2H3. The number of carbonyl (C=O) groups excluding carboxylic acids is 1. The Hall–Kier alpha value is -2.03. The van der Waals surface area contributed by atoms with Crippen LogP contribution in [0.1, 0.15) is 6.92 Å². The van der Waals surface area contributed by atoms with Gasteiger partial charge in [0, 0.05) is 22.7 Å². The molecule has 1 heterocycles. The van der Waals surface area contributed by atoms with Gasteiger partial charge < -0.3 is 9.72 Å². The topological polar surface area (TPSA) is 42.1 Å². The Balaban J connectivity index is 2.37. The maximum Gasteiger partial charge on any atom is 0.338 e. The van der Waals surface area contributed by atoms with Gasteiger partial charge in [-0.25, -0.2) is 4.79 Å². The van der Waals surface area contributed by atoms with E-state index in [0.29, 0.717) is 11.3 Å². The number of fused-ring (bicyclic) bond motifs is 1. The Morgan fingerprint density at radius 2 is 2.13 bits per heavy atom. The number of hydrogen-bond donors (Lipinski definition) is 1. The maximum absolute atomic E-state index is 11.3. The number of aromatic nitrogens is 1. The highest BCUT2D eigenvalue weighted by atomic mass is 16.5. The third-order valence-electron chi connectivity index (χ3n) is 2.10. The van der Waals surface area contributed by atoms with Gasteiger partial charge in [-0.1, -0.05) is 18.7 Å². The first-order valence-electron chi connectivity index (χ1n) is 4.62. The fourth-order valence-corrected chi connectivity index (χ4v) is 1.32. The molecule has 2 aromatic rings. The summed E-state index contributed by atoms with van der Waals surface area (Å²) in [6.45, 7) is 5.15. The number of nitrogens with one attached hydrogen (secondary N) is 1. The molecule has 3 heteroatoms. The highest BCUT2D eigenvalue weighted by Gasteiger charge is 2.09. The van der Waals surface area contributed by atoms with Crippen LogP contribution in [0.3, 0.4) is 0 Å². The second-order valence-electron chi connectivity index (χ2n) is 3.37. The molecule has 0 aliphatic carbocycles. The molecule has 0 aliphatic heterocycles. The first-order valence-corrected chi connectivity index (χ1v) is 4.62. The van der Waals surface area contributed by atoms with Crippen LogP contribution in [0.15, 0.2) is 42.6 Å². The minimum Gasteiger partial charge on any atom is -0.421 e. The van der Waals surface area contributed by atoms with Crippen LogP contribution < -0.4 is 4.74 Å². The van der Waals surface area contributed by atoms with Crippen LogP contribution in [0, 0.1) is 0 Å². The van der Waals surface area contributed by atoms with E-state index in [-0.39, 0.29) is 0 Å². The molecule has 15 heavy (non-hydrogen) atoms. The van der Waals surface area contributed by atoms with Gasteiger partial charge in [0.2, 0.25) is 0 Å². The molecule has 76 valence electrons. The van der Waals surface area contributed by atoms with Crippen molar-refractivity contribution in [3.8, 4) is 5.75 Å². The van der Waals surface area contributed by atoms with Crippen LogP contribution in [0.4, 0.5) is 0 Å². The lowest BCUT2D eigenvalue weighted by molar-refractivity contribution is -0.129. The number of benzene rings is 1. The van der Waals surface area contributed by atoms with E-state index in [1.54, 1.807) is 13.1 Å². The van der Waals surface area contributed by atoms with Gasteiger partial charge in [-0.05, 0) is 19.1 Å². The fraction of sp³-hybridized carbons (Fsp3) is 0.0833. The Morgan fingerprint density at radius 3 is 2.87 bits per heavy atom. The first-order chi connectivity index (χ1) is 7.18. The van der Waals surface area contributed by atoms with E-state index in [4.69, 9.17) is 4.74 Å². The van der Waals surface area contributed by atoms with Crippen molar-refractivity contribution in [2.45, 2.75) is 6.92 Å². The van der Waals surface area contributed by atoms with Gasteiger partial charge in [0.15, 0.2) is 5.75 Å². The summed E-state index contributed by atoms with van der Waals surface area (Å²) < 4.78 is 5.16. The summed E-state index contributed by atoms with van der Waals surface area (Å²) in [6.07, 6.45) is 1.67. The SMILES string of the molecule is C=C(C)C(=O)Oc1c[nH]c2ccccc12. The smallest absolute Gasteiger partial charge is 0.338 e. The van der Waals surface area contributed by atoms with Crippen molar-refractivity contribution in [3.63, 3.8) is 0 Å². The zero-order valence-electron chi connectivity index (χ0n) is 8.41. The second kappa shape index (κ2) is 3.61. The van der Waals surface area contributed by atoms with Crippen LogP contribution in [-0.2, 0) is 4.79 Å². The largest absolute Gasteiger partial charge is 0.421 e. The van der Waals surface area contributed by atoms with Crippen molar-refractivity contribution >= 4 is 16.9 Å². The number of hydrogen-bond acceptors (Lipinski definition) is 2. The second-order valence-corrected chi connectivity index (χ2v) is 3.37. The Kier molecular flexibility index (Phi) is 2.29. The molecule has 0 spiro atoms. The van der Waals surface area contributed by atoms with E-state index in [1.807, 2.05) is 24.3 Å². The molecule has 0 radical (unpaired) electrons. The molecule has 0 unspecified atom stereocenters. The number of aromatic amines is 1. The monoisotopic (exact) mass is 201 g/mol. The first kappa shape index (κ1) is 9.52. The lowest BCUT2D eigenvalue weighted by Crippen LogP contribution is -2.07. The molecule has 0 amide bonds. The zero-order chi connectivity index (χ0) is 10.8. The number of para-hydroxylation sites is 1. The normalized spacial score (nSPS) is 10.2. The lowest BCUT2D eigenvalue weighted by atomic mass is 10.2. The predicted octanol–water partition coefficient (Wildman–Crippen LogP) is 2.65. The number of ether oxygens (including phenoxy) is 1. The van der Waals surface area contributed by atoms with E-state index >= 15 is 0 Å². The van der Waals surface area contributed by atoms with Gasteiger partial charge in [-0.3, -0.25) is 0 Å². The fourth-order valence-electron chi connectivity index (χ4n) is 1.32. The van der Waals surface area contributed by atoms with E-state index in [0.717, 1.165) is 10.9 Å². The summed E-state index contributed by atoms with van der Waals surface area (Å²) in [5.41, 5.74) is 1.34. The Bertz CT molecular complexity index is 525. The summed E-state index contributed by atoms with van der Waals surface area (Å²) in [5, 5.41) is 0.895. The summed E-state index contributed by atoms with van der Waals surface area (Å²) >= 11 is 0. The van der Waals surface area contributed by atoms with Crippen molar-refractivity contribution in [1.29, 1.82) is 0 Å². The highest BCUT2D eigenvalue weighted by molar-refractivity contribution is 5.93. The molecular formula is C12H11NO2. The molecule has 3 nitrogen and oxygen atoms in total. The summed E-state index contributed by atoms with van der Waals surface area (Å²) in [4.78, 5) is 14.3.